The van der Waals surface area contributed by atoms with Crippen molar-refractivity contribution in [2.45, 2.75) is 11.4 Å². The number of carbonyl (C=O) groups excluding carboxylic acids is 1. The number of thioether (sulfide) groups is 1. The topological polar surface area (TPSA) is 57.6 Å². The number of nitrogens with zero attached hydrogens (tertiary/aromatic N) is 1. The second-order valence-corrected chi connectivity index (χ2v) is 6.44. The number of carbonyl (C=O) groups is 2. The Morgan fingerprint density at radius 1 is 1.29 bits per heavy atom. The number of thiophene rings is 1. The minimum Gasteiger partial charge on any atom is -0.477 e. The molecule has 110 valence electrons. The quantitative estimate of drug-likeness (QED) is 0.830. The number of hydrogen-bond donors (Lipinski definition) is 1. The average Bonchev–Trinajstić information content (AvgIpc) is 2.95. The predicted molar refractivity (Wildman–Crippen MR) is 84.9 cm³/mol. The van der Waals surface area contributed by atoms with Crippen molar-refractivity contribution in [3.05, 3.63) is 52.2 Å². The molecule has 0 aliphatic carbocycles. The minimum absolute atomic E-state index is 0.0203. The monoisotopic (exact) mass is 321 g/mol. The first-order valence-corrected chi connectivity index (χ1v) is 8.15. The van der Waals surface area contributed by atoms with Gasteiger partial charge in [0, 0.05) is 23.9 Å². The highest BCUT2D eigenvalue weighted by Gasteiger charge is 2.12. The van der Waals surface area contributed by atoms with Crippen LogP contribution in [0.25, 0.3) is 0 Å². The predicted octanol–water partition coefficient (Wildman–Crippen LogP) is 3.20. The van der Waals surface area contributed by atoms with Crippen molar-refractivity contribution in [1.29, 1.82) is 0 Å². The molecule has 1 aromatic carbocycles. The molecule has 0 aliphatic rings. The maximum Gasteiger partial charge on any atom is 0.345 e. The smallest absolute Gasteiger partial charge is 0.345 e. The molecular formula is C15H15NO3S2. The van der Waals surface area contributed by atoms with Crippen molar-refractivity contribution in [3.8, 4) is 0 Å². The number of benzene rings is 1. The van der Waals surface area contributed by atoms with E-state index in [-0.39, 0.29) is 5.91 Å². The van der Waals surface area contributed by atoms with Gasteiger partial charge >= 0.3 is 5.97 Å². The van der Waals surface area contributed by atoms with Crippen molar-refractivity contribution < 1.29 is 14.7 Å². The SMILES string of the molecule is CN(Cc1ccccc1)C(=O)CSc1csc(C(=O)O)c1. The van der Waals surface area contributed by atoms with Gasteiger partial charge in [-0.25, -0.2) is 4.79 Å². The van der Waals surface area contributed by atoms with Gasteiger partial charge in [-0.2, -0.15) is 0 Å². The lowest BCUT2D eigenvalue weighted by atomic mass is 10.2. The van der Waals surface area contributed by atoms with E-state index in [9.17, 15) is 9.59 Å². The van der Waals surface area contributed by atoms with E-state index in [4.69, 9.17) is 5.11 Å². The first kappa shape index (κ1) is 15.6. The van der Waals surface area contributed by atoms with Crippen LogP contribution in [0, 0.1) is 0 Å². The number of amides is 1. The molecule has 1 N–H and O–H groups in total. The van der Waals surface area contributed by atoms with Crippen LogP contribution >= 0.6 is 23.1 Å². The molecule has 0 bridgehead atoms. The van der Waals surface area contributed by atoms with Gasteiger partial charge in [0.05, 0.1) is 5.75 Å². The highest BCUT2D eigenvalue weighted by atomic mass is 32.2. The van der Waals surface area contributed by atoms with E-state index in [1.54, 1.807) is 23.4 Å². The van der Waals surface area contributed by atoms with Crippen LogP contribution in [0.2, 0.25) is 0 Å². The molecular weight excluding hydrogens is 306 g/mol. The fraction of sp³-hybridized carbons (Fsp3) is 0.200. The Kier molecular flexibility index (Phi) is 5.41. The Bertz CT molecular complexity index is 625. The van der Waals surface area contributed by atoms with Gasteiger partial charge in [0.2, 0.25) is 5.91 Å². The van der Waals surface area contributed by atoms with E-state index in [1.165, 1.54) is 23.1 Å². The summed E-state index contributed by atoms with van der Waals surface area (Å²) in [7, 11) is 1.77. The maximum atomic E-state index is 12.1. The van der Waals surface area contributed by atoms with Crippen LogP contribution in [0.5, 0.6) is 0 Å². The molecule has 0 spiro atoms. The molecule has 0 saturated carbocycles. The van der Waals surface area contributed by atoms with Gasteiger partial charge in [-0.1, -0.05) is 30.3 Å². The number of hydrogen-bond acceptors (Lipinski definition) is 4. The number of rotatable bonds is 6. The summed E-state index contributed by atoms with van der Waals surface area (Å²) >= 11 is 2.54. The van der Waals surface area contributed by atoms with Crippen LogP contribution in [0.15, 0.2) is 46.7 Å². The van der Waals surface area contributed by atoms with Crippen molar-refractivity contribution >= 4 is 35.0 Å². The molecule has 2 rings (SSSR count). The van der Waals surface area contributed by atoms with Crippen molar-refractivity contribution in [3.63, 3.8) is 0 Å². The Morgan fingerprint density at radius 2 is 2.00 bits per heavy atom. The standard InChI is InChI=1S/C15H15NO3S2/c1-16(8-11-5-3-2-4-6-11)14(17)10-20-12-7-13(15(18)19)21-9-12/h2-7,9H,8,10H2,1H3,(H,18,19). The Hall–Kier alpha value is -1.79. The average molecular weight is 321 g/mol. The molecule has 21 heavy (non-hydrogen) atoms. The van der Waals surface area contributed by atoms with Crippen LogP contribution < -0.4 is 0 Å². The second kappa shape index (κ2) is 7.28. The summed E-state index contributed by atoms with van der Waals surface area (Å²) in [6.45, 7) is 0.574. The molecule has 1 amide bonds. The summed E-state index contributed by atoms with van der Waals surface area (Å²) in [4.78, 5) is 25.6. The normalized spacial score (nSPS) is 10.3. The lowest BCUT2D eigenvalue weighted by Crippen LogP contribution is -2.27. The lowest BCUT2D eigenvalue weighted by Gasteiger charge is -2.16. The van der Waals surface area contributed by atoms with Crippen molar-refractivity contribution in [2.75, 3.05) is 12.8 Å². The zero-order valence-corrected chi connectivity index (χ0v) is 13.1. The molecule has 0 unspecified atom stereocenters. The van der Waals surface area contributed by atoms with Crippen molar-refractivity contribution in [2.24, 2.45) is 0 Å². The summed E-state index contributed by atoms with van der Waals surface area (Å²) in [5.41, 5.74) is 1.09. The highest BCUT2D eigenvalue weighted by molar-refractivity contribution is 8.00. The molecule has 0 atom stereocenters. The summed E-state index contributed by atoms with van der Waals surface area (Å²) < 4.78 is 0. The van der Waals surface area contributed by atoms with Gasteiger partial charge < -0.3 is 10.0 Å². The summed E-state index contributed by atoms with van der Waals surface area (Å²) in [5, 5.41) is 10.6. The van der Waals surface area contributed by atoms with Gasteiger partial charge in [0.15, 0.2) is 0 Å². The highest BCUT2D eigenvalue weighted by Crippen LogP contribution is 2.25. The molecule has 1 aromatic heterocycles. The number of carboxylic acids is 1. The maximum absolute atomic E-state index is 12.1. The Labute approximate surface area is 131 Å². The molecule has 0 fully saturated rings. The van der Waals surface area contributed by atoms with Gasteiger partial charge in [-0.15, -0.1) is 23.1 Å². The first-order valence-electron chi connectivity index (χ1n) is 6.29. The van der Waals surface area contributed by atoms with Crippen molar-refractivity contribution in [1.82, 2.24) is 4.90 Å². The van der Waals surface area contributed by atoms with E-state index in [0.717, 1.165) is 10.5 Å². The largest absolute Gasteiger partial charge is 0.477 e. The molecule has 0 saturated heterocycles. The van der Waals surface area contributed by atoms with E-state index < -0.39 is 5.97 Å². The third-order valence-corrected chi connectivity index (χ3v) is 4.86. The Morgan fingerprint density at radius 3 is 2.62 bits per heavy atom. The molecule has 6 heteroatoms. The van der Waals surface area contributed by atoms with E-state index in [0.29, 0.717) is 17.2 Å². The lowest BCUT2D eigenvalue weighted by molar-refractivity contribution is -0.127. The van der Waals surface area contributed by atoms with E-state index in [2.05, 4.69) is 0 Å². The van der Waals surface area contributed by atoms with E-state index in [1.807, 2.05) is 30.3 Å². The molecule has 0 aliphatic heterocycles. The van der Waals surface area contributed by atoms with Crippen LogP contribution in [-0.4, -0.2) is 34.7 Å². The van der Waals surface area contributed by atoms with Crippen LogP contribution in [0.3, 0.4) is 0 Å². The summed E-state index contributed by atoms with van der Waals surface area (Å²) in [6, 6.07) is 11.4. The van der Waals surface area contributed by atoms with Gasteiger partial charge in [-0.3, -0.25) is 4.79 Å². The van der Waals surface area contributed by atoms with Crippen LogP contribution in [-0.2, 0) is 11.3 Å². The summed E-state index contributed by atoms with van der Waals surface area (Å²) in [5.74, 6) is -0.606. The Balaban J connectivity index is 1.84. The second-order valence-electron chi connectivity index (χ2n) is 4.48. The third-order valence-electron chi connectivity index (χ3n) is 2.84. The van der Waals surface area contributed by atoms with Gasteiger partial charge in [-0.05, 0) is 11.6 Å². The molecule has 2 aromatic rings. The van der Waals surface area contributed by atoms with Crippen LogP contribution in [0.1, 0.15) is 15.2 Å². The molecule has 0 radical (unpaired) electrons. The third kappa shape index (κ3) is 4.61. The number of carboxylic acid groups (broad SMARTS) is 1. The summed E-state index contributed by atoms with van der Waals surface area (Å²) in [6.07, 6.45) is 0. The molecule has 1 heterocycles. The molecule has 4 nitrogen and oxygen atoms in total. The number of aromatic carboxylic acids is 1. The zero-order chi connectivity index (χ0) is 15.2. The zero-order valence-electron chi connectivity index (χ0n) is 11.5. The fourth-order valence-electron chi connectivity index (χ4n) is 1.71. The first-order chi connectivity index (χ1) is 10.1. The fourth-order valence-corrected chi connectivity index (χ4v) is 3.52. The van der Waals surface area contributed by atoms with Crippen LogP contribution in [0.4, 0.5) is 0 Å². The minimum atomic E-state index is -0.931. The van der Waals surface area contributed by atoms with Gasteiger partial charge in [0.25, 0.3) is 0 Å². The van der Waals surface area contributed by atoms with E-state index >= 15 is 0 Å². The van der Waals surface area contributed by atoms with Gasteiger partial charge in [0.1, 0.15) is 4.88 Å².